The number of nitriles is 1. The number of aryl methyl sites for hydroxylation is 1. The molecule has 6 heteroatoms. The molecule has 1 heterocycles. The SMILES string of the molecule is Cc1cc(C=C(C#N)C(=O)Nc2ccc(Cl)cc2Cl)c(C)n1C1CCCC1. The lowest BCUT2D eigenvalue weighted by atomic mass is 10.1. The minimum absolute atomic E-state index is 0.0349. The van der Waals surface area contributed by atoms with E-state index in [9.17, 15) is 10.1 Å². The van der Waals surface area contributed by atoms with Crippen LogP contribution >= 0.6 is 23.2 Å². The van der Waals surface area contributed by atoms with Gasteiger partial charge in [-0.2, -0.15) is 5.26 Å². The van der Waals surface area contributed by atoms with Gasteiger partial charge in [0.1, 0.15) is 11.6 Å². The van der Waals surface area contributed by atoms with Crippen molar-refractivity contribution >= 4 is 40.9 Å². The third-order valence-corrected chi connectivity index (χ3v) is 5.61. The van der Waals surface area contributed by atoms with Gasteiger partial charge in [0.15, 0.2) is 0 Å². The molecule has 4 nitrogen and oxygen atoms in total. The number of hydrogen-bond donors (Lipinski definition) is 1. The number of nitrogens with one attached hydrogen (secondary N) is 1. The summed E-state index contributed by atoms with van der Waals surface area (Å²) < 4.78 is 2.34. The average Bonchev–Trinajstić information content (AvgIpc) is 3.23. The highest BCUT2D eigenvalue weighted by molar-refractivity contribution is 6.36. The van der Waals surface area contributed by atoms with E-state index in [0.29, 0.717) is 21.8 Å². The summed E-state index contributed by atoms with van der Waals surface area (Å²) in [7, 11) is 0. The van der Waals surface area contributed by atoms with E-state index in [1.54, 1.807) is 24.3 Å². The highest BCUT2D eigenvalue weighted by Crippen LogP contribution is 2.34. The van der Waals surface area contributed by atoms with Gasteiger partial charge in [-0.05, 0) is 62.6 Å². The Bertz CT molecular complexity index is 947. The first kappa shape index (κ1) is 19.5. The number of anilines is 1. The van der Waals surface area contributed by atoms with Crippen molar-refractivity contribution in [2.45, 2.75) is 45.6 Å². The molecule has 0 unspecified atom stereocenters. The second-order valence-corrected chi connectivity index (χ2v) is 7.73. The van der Waals surface area contributed by atoms with Gasteiger partial charge in [0.25, 0.3) is 5.91 Å². The lowest BCUT2D eigenvalue weighted by Crippen LogP contribution is -2.14. The molecule has 140 valence electrons. The van der Waals surface area contributed by atoms with Gasteiger partial charge in [-0.1, -0.05) is 36.0 Å². The van der Waals surface area contributed by atoms with Crippen molar-refractivity contribution in [3.05, 3.63) is 56.8 Å². The molecule has 1 N–H and O–H groups in total. The summed E-state index contributed by atoms with van der Waals surface area (Å²) >= 11 is 12.0. The zero-order valence-corrected chi connectivity index (χ0v) is 16.9. The highest BCUT2D eigenvalue weighted by atomic mass is 35.5. The van der Waals surface area contributed by atoms with E-state index in [1.807, 2.05) is 19.1 Å². The molecule has 2 aromatic rings. The summed E-state index contributed by atoms with van der Waals surface area (Å²) in [5.41, 5.74) is 3.60. The number of aromatic nitrogens is 1. The van der Waals surface area contributed by atoms with Crippen molar-refractivity contribution in [3.63, 3.8) is 0 Å². The van der Waals surface area contributed by atoms with Crippen molar-refractivity contribution in [1.82, 2.24) is 4.57 Å². The Kier molecular flexibility index (Phi) is 5.94. The maximum absolute atomic E-state index is 12.5. The molecular weight excluding hydrogens is 381 g/mol. The second kappa shape index (κ2) is 8.21. The Morgan fingerprint density at radius 2 is 1.96 bits per heavy atom. The first-order valence-corrected chi connectivity index (χ1v) is 9.73. The van der Waals surface area contributed by atoms with Crippen molar-refractivity contribution in [2.75, 3.05) is 5.32 Å². The Morgan fingerprint density at radius 3 is 2.59 bits per heavy atom. The third-order valence-electron chi connectivity index (χ3n) is 5.06. The predicted molar refractivity (Wildman–Crippen MR) is 110 cm³/mol. The van der Waals surface area contributed by atoms with Crippen molar-refractivity contribution in [2.24, 2.45) is 0 Å². The van der Waals surface area contributed by atoms with Crippen LogP contribution in [0.5, 0.6) is 0 Å². The average molecular weight is 402 g/mol. The molecule has 3 rings (SSSR count). The summed E-state index contributed by atoms with van der Waals surface area (Å²) in [5, 5.41) is 13.0. The van der Waals surface area contributed by atoms with Crippen molar-refractivity contribution < 1.29 is 4.79 Å². The van der Waals surface area contributed by atoms with Crippen LogP contribution in [-0.2, 0) is 4.79 Å². The number of rotatable bonds is 4. The van der Waals surface area contributed by atoms with E-state index in [1.165, 1.54) is 25.7 Å². The Labute approximate surface area is 169 Å². The number of carbonyl (C=O) groups excluding carboxylic acids is 1. The molecule has 0 atom stereocenters. The molecule has 1 saturated carbocycles. The quantitative estimate of drug-likeness (QED) is 0.498. The predicted octanol–water partition coefficient (Wildman–Crippen LogP) is 6.07. The van der Waals surface area contributed by atoms with Gasteiger partial charge in [0.2, 0.25) is 0 Å². The smallest absolute Gasteiger partial charge is 0.266 e. The number of hydrogen-bond acceptors (Lipinski definition) is 2. The minimum Gasteiger partial charge on any atom is -0.346 e. The molecule has 1 aromatic carbocycles. The van der Waals surface area contributed by atoms with Crippen LogP contribution in [0.2, 0.25) is 10.0 Å². The molecule has 0 radical (unpaired) electrons. The van der Waals surface area contributed by atoms with Crippen molar-refractivity contribution in [1.29, 1.82) is 5.26 Å². The van der Waals surface area contributed by atoms with Gasteiger partial charge < -0.3 is 9.88 Å². The summed E-state index contributed by atoms with van der Waals surface area (Å²) in [6, 6.07) is 9.34. The van der Waals surface area contributed by atoms with Crippen LogP contribution in [0.1, 0.15) is 48.7 Å². The van der Waals surface area contributed by atoms with Gasteiger partial charge in [-0.25, -0.2) is 0 Å². The number of halogens is 2. The standard InChI is InChI=1S/C21H21Cl2N3O/c1-13-9-15(14(2)26(13)18-5-3-4-6-18)10-16(12-24)21(27)25-20-8-7-17(22)11-19(20)23/h7-11,18H,3-6H2,1-2H3,(H,25,27). The molecule has 1 aliphatic rings. The van der Waals surface area contributed by atoms with Crippen LogP contribution in [-0.4, -0.2) is 10.5 Å². The van der Waals surface area contributed by atoms with E-state index in [2.05, 4.69) is 16.8 Å². The molecule has 0 aliphatic heterocycles. The van der Waals surface area contributed by atoms with E-state index < -0.39 is 5.91 Å². The largest absolute Gasteiger partial charge is 0.346 e. The first-order valence-electron chi connectivity index (χ1n) is 8.97. The van der Waals surface area contributed by atoms with Gasteiger partial charge in [-0.3, -0.25) is 4.79 Å². The Balaban J connectivity index is 1.87. The minimum atomic E-state index is -0.493. The zero-order chi connectivity index (χ0) is 19.6. The Hall–Kier alpha value is -2.22. The maximum Gasteiger partial charge on any atom is 0.266 e. The molecule has 0 spiro atoms. The molecule has 1 amide bonds. The van der Waals surface area contributed by atoms with Crippen LogP contribution < -0.4 is 5.32 Å². The van der Waals surface area contributed by atoms with E-state index in [-0.39, 0.29) is 5.57 Å². The van der Waals surface area contributed by atoms with E-state index in [4.69, 9.17) is 23.2 Å². The van der Waals surface area contributed by atoms with Gasteiger partial charge >= 0.3 is 0 Å². The van der Waals surface area contributed by atoms with E-state index >= 15 is 0 Å². The fourth-order valence-electron chi connectivity index (χ4n) is 3.76. The van der Waals surface area contributed by atoms with Crippen molar-refractivity contribution in [3.8, 4) is 6.07 Å². The maximum atomic E-state index is 12.5. The number of amides is 1. The monoisotopic (exact) mass is 401 g/mol. The molecule has 1 aliphatic carbocycles. The molecule has 27 heavy (non-hydrogen) atoms. The third kappa shape index (κ3) is 4.21. The second-order valence-electron chi connectivity index (χ2n) is 6.88. The van der Waals surface area contributed by atoms with Crippen LogP contribution in [0.3, 0.4) is 0 Å². The highest BCUT2D eigenvalue weighted by Gasteiger charge is 2.21. The molecule has 0 saturated heterocycles. The number of nitrogens with zero attached hydrogens (tertiary/aromatic N) is 2. The molecule has 0 bridgehead atoms. The lowest BCUT2D eigenvalue weighted by Gasteiger charge is -2.17. The molecular formula is C21H21Cl2N3O. The van der Waals surface area contributed by atoms with Crippen LogP contribution in [0.25, 0.3) is 6.08 Å². The topological polar surface area (TPSA) is 57.8 Å². The van der Waals surface area contributed by atoms with E-state index in [0.717, 1.165) is 17.0 Å². The fourth-order valence-corrected chi connectivity index (χ4v) is 4.21. The number of carbonyl (C=O) groups is 1. The summed E-state index contributed by atoms with van der Waals surface area (Å²) in [6.45, 7) is 4.11. The van der Waals surface area contributed by atoms with Gasteiger partial charge in [0.05, 0.1) is 10.7 Å². The van der Waals surface area contributed by atoms with Gasteiger partial charge in [-0.15, -0.1) is 0 Å². The van der Waals surface area contributed by atoms with Crippen LogP contribution in [0.4, 0.5) is 5.69 Å². The van der Waals surface area contributed by atoms with Crippen LogP contribution in [0.15, 0.2) is 29.8 Å². The van der Waals surface area contributed by atoms with Crippen LogP contribution in [0, 0.1) is 25.2 Å². The lowest BCUT2D eigenvalue weighted by molar-refractivity contribution is -0.112. The summed E-state index contributed by atoms with van der Waals surface area (Å²) in [6.07, 6.45) is 6.51. The molecule has 1 fully saturated rings. The first-order chi connectivity index (χ1) is 12.9. The number of benzene rings is 1. The summed E-state index contributed by atoms with van der Waals surface area (Å²) in [4.78, 5) is 12.5. The Morgan fingerprint density at radius 1 is 1.26 bits per heavy atom. The van der Waals surface area contributed by atoms with Gasteiger partial charge in [0, 0.05) is 22.5 Å². The normalized spacial score (nSPS) is 15.0. The molecule has 1 aromatic heterocycles. The summed E-state index contributed by atoms with van der Waals surface area (Å²) in [5.74, 6) is -0.493. The fraction of sp³-hybridized carbons (Fsp3) is 0.333. The zero-order valence-electron chi connectivity index (χ0n) is 15.4.